The van der Waals surface area contributed by atoms with Crippen LogP contribution in [-0.2, 0) is 0 Å². The third-order valence-electron chi connectivity index (χ3n) is 5.39. The second-order valence-corrected chi connectivity index (χ2v) is 7.20. The fourth-order valence-electron chi connectivity index (χ4n) is 3.82. The van der Waals surface area contributed by atoms with Crippen molar-refractivity contribution in [2.45, 2.75) is 37.8 Å². The predicted octanol–water partition coefficient (Wildman–Crippen LogP) is 3.14. The minimum Gasteiger partial charge on any atom is -0.493 e. The Morgan fingerprint density at radius 2 is 1.72 bits per heavy atom. The summed E-state index contributed by atoms with van der Waals surface area (Å²) >= 11 is 0. The Balaban J connectivity index is 1.69. The smallest absolute Gasteiger partial charge is 0.203 e. The summed E-state index contributed by atoms with van der Waals surface area (Å²) in [7, 11) is 4.77. The van der Waals surface area contributed by atoms with Crippen molar-refractivity contribution in [3.05, 3.63) is 30.6 Å². The number of methoxy groups -OCH3 is 3. The first-order valence-corrected chi connectivity index (χ1v) is 9.72. The lowest BCUT2D eigenvalue weighted by atomic mass is 9.93. The van der Waals surface area contributed by atoms with Crippen molar-refractivity contribution in [2.75, 3.05) is 26.6 Å². The molecule has 29 heavy (non-hydrogen) atoms. The van der Waals surface area contributed by atoms with Crippen LogP contribution in [0.1, 0.15) is 25.7 Å². The minimum atomic E-state index is -0.176. The second kappa shape index (κ2) is 8.16. The van der Waals surface area contributed by atoms with Gasteiger partial charge in [0.05, 0.1) is 33.6 Å². The van der Waals surface area contributed by atoms with Gasteiger partial charge in [0.15, 0.2) is 17.1 Å². The fraction of sp³-hybridized carbons (Fsp3) is 0.429. The van der Waals surface area contributed by atoms with Crippen molar-refractivity contribution >= 4 is 11.5 Å². The van der Waals surface area contributed by atoms with Gasteiger partial charge < -0.3 is 24.6 Å². The molecule has 0 radical (unpaired) electrons. The molecule has 8 nitrogen and oxygen atoms in total. The van der Waals surface area contributed by atoms with Crippen LogP contribution in [0.4, 0.5) is 5.82 Å². The summed E-state index contributed by atoms with van der Waals surface area (Å²) in [5.74, 6) is 2.51. The quantitative estimate of drug-likeness (QED) is 0.659. The van der Waals surface area contributed by atoms with E-state index in [1.807, 2.05) is 24.4 Å². The topological polar surface area (TPSA) is 90.1 Å². The van der Waals surface area contributed by atoms with Crippen LogP contribution in [0, 0.1) is 0 Å². The molecule has 1 aliphatic rings. The van der Waals surface area contributed by atoms with Crippen molar-refractivity contribution in [1.82, 2.24) is 14.6 Å². The molecule has 2 aromatic heterocycles. The van der Waals surface area contributed by atoms with Gasteiger partial charge in [-0.15, -0.1) is 0 Å². The molecule has 8 heteroatoms. The van der Waals surface area contributed by atoms with Gasteiger partial charge in [-0.2, -0.15) is 5.10 Å². The van der Waals surface area contributed by atoms with Crippen molar-refractivity contribution in [3.8, 4) is 28.4 Å². The highest BCUT2D eigenvalue weighted by Gasteiger charge is 2.20. The van der Waals surface area contributed by atoms with E-state index < -0.39 is 0 Å². The van der Waals surface area contributed by atoms with Gasteiger partial charge in [-0.3, -0.25) is 0 Å². The summed E-state index contributed by atoms with van der Waals surface area (Å²) in [6.45, 7) is 0. The molecule has 1 fully saturated rings. The number of nitrogens with one attached hydrogen (secondary N) is 1. The lowest BCUT2D eigenvalue weighted by Crippen LogP contribution is -2.28. The number of aliphatic hydroxyl groups excluding tert-OH is 1. The lowest BCUT2D eigenvalue weighted by Gasteiger charge is -2.26. The van der Waals surface area contributed by atoms with Gasteiger partial charge >= 0.3 is 0 Å². The molecule has 2 heterocycles. The second-order valence-electron chi connectivity index (χ2n) is 7.20. The van der Waals surface area contributed by atoms with Gasteiger partial charge in [0.1, 0.15) is 5.82 Å². The van der Waals surface area contributed by atoms with E-state index in [2.05, 4.69) is 10.4 Å². The Kier molecular flexibility index (Phi) is 5.44. The van der Waals surface area contributed by atoms with Crippen molar-refractivity contribution in [3.63, 3.8) is 0 Å². The zero-order chi connectivity index (χ0) is 20.4. The highest BCUT2D eigenvalue weighted by Crippen LogP contribution is 2.41. The van der Waals surface area contributed by atoms with Crippen LogP contribution in [0.2, 0.25) is 0 Å². The van der Waals surface area contributed by atoms with E-state index in [0.29, 0.717) is 23.3 Å². The summed E-state index contributed by atoms with van der Waals surface area (Å²) in [4.78, 5) is 4.79. The Bertz CT molecular complexity index is 971. The third kappa shape index (κ3) is 3.80. The number of ether oxygens (including phenoxy) is 3. The van der Waals surface area contributed by atoms with Crippen molar-refractivity contribution in [2.24, 2.45) is 0 Å². The molecule has 1 saturated carbocycles. The van der Waals surface area contributed by atoms with E-state index in [0.717, 1.165) is 48.3 Å². The number of fused-ring (bicyclic) bond motifs is 1. The molecular formula is C21H26N4O4. The fourth-order valence-corrected chi connectivity index (χ4v) is 3.82. The summed E-state index contributed by atoms with van der Waals surface area (Å²) in [5, 5.41) is 17.6. The van der Waals surface area contributed by atoms with Gasteiger partial charge in [0.25, 0.3) is 0 Å². The molecule has 0 saturated heterocycles. The Labute approximate surface area is 169 Å². The summed E-state index contributed by atoms with van der Waals surface area (Å²) < 4.78 is 18.1. The maximum absolute atomic E-state index is 9.71. The third-order valence-corrected chi connectivity index (χ3v) is 5.39. The number of aliphatic hydroxyl groups is 1. The predicted molar refractivity (Wildman–Crippen MR) is 110 cm³/mol. The first kappa shape index (κ1) is 19.3. The van der Waals surface area contributed by atoms with Crippen LogP contribution in [0.15, 0.2) is 30.6 Å². The maximum Gasteiger partial charge on any atom is 0.203 e. The average Bonchev–Trinajstić information content (AvgIpc) is 3.17. The molecule has 2 N–H and O–H groups in total. The summed E-state index contributed by atoms with van der Waals surface area (Å²) in [5.41, 5.74) is 2.48. The van der Waals surface area contributed by atoms with E-state index >= 15 is 0 Å². The van der Waals surface area contributed by atoms with E-state index in [9.17, 15) is 5.11 Å². The Morgan fingerprint density at radius 3 is 2.34 bits per heavy atom. The summed E-state index contributed by atoms with van der Waals surface area (Å²) in [6, 6.07) is 6.02. The van der Waals surface area contributed by atoms with E-state index in [1.54, 1.807) is 32.0 Å². The van der Waals surface area contributed by atoms with Gasteiger partial charge in [0, 0.05) is 17.8 Å². The highest BCUT2D eigenvalue weighted by molar-refractivity contribution is 5.80. The zero-order valence-electron chi connectivity index (χ0n) is 16.9. The number of rotatable bonds is 6. The largest absolute Gasteiger partial charge is 0.493 e. The van der Waals surface area contributed by atoms with E-state index in [1.165, 1.54) is 0 Å². The highest BCUT2D eigenvalue weighted by atomic mass is 16.5. The molecule has 0 bridgehead atoms. The number of hydrogen-bond acceptors (Lipinski definition) is 7. The number of benzene rings is 1. The van der Waals surface area contributed by atoms with E-state index in [-0.39, 0.29) is 6.10 Å². The molecule has 154 valence electrons. The molecule has 0 atom stereocenters. The van der Waals surface area contributed by atoms with Crippen LogP contribution in [-0.4, -0.2) is 53.2 Å². The molecule has 3 aromatic rings. The molecule has 1 aromatic carbocycles. The molecular weight excluding hydrogens is 372 g/mol. The van der Waals surface area contributed by atoms with E-state index in [4.69, 9.17) is 19.2 Å². The van der Waals surface area contributed by atoms with Crippen LogP contribution >= 0.6 is 0 Å². The maximum atomic E-state index is 9.71. The van der Waals surface area contributed by atoms with Crippen molar-refractivity contribution in [1.29, 1.82) is 0 Å². The zero-order valence-corrected chi connectivity index (χ0v) is 16.9. The standard InChI is InChI=1S/C21H26N4O4/c1-27-17-10-13(11-18(28-2)20(17)29-3)16-12-22-25-9-8-19(24-21(16)25)23-14-4-6-15(26)7-5-14/h8-12,14-15,26H,4-7H2,1-3H3,(H,23,24). The molecule has 0 amide bonds. The minimum absolute atomic E-state index is 0.176. The molecule has 1 aliphatic carbocycles. The van der Waals surface area contributed by atoms with Crippen LogP contribution in [0.5, 0.6) is 17.2 Å². The number of hydrogen-bond donors (Lipinski definition) is 2. The first-order chi connectivity index (χ1) is 14.1. The SMILES string of the molecule is COc1cc(-c2cnn3ccc(NC4CCC(O)CC4)nc23)cc(OC)c1OC. The van der Waals surface area contributed by atoms with Gasteiger partial charge in [-0.05, 0) is 49.4 Å². The number of aromatic nitrogens is 3. The molecule has 0 unspecified atom stereocenters. The molecule has 0 spiro atoms. The normalized spacial score (nSPS) is 19.2. The van der Waals surface area contributed by atoms with Gasteiger partial charge in [0.2, 0.25) is 5.75 Å². The molecule has 0 aliphatic heterocycles. The van der Waals surface area contributed by atoms with Crippen LogP contribution in [0.25, 0.3) is 16.8 Å². The van der Waals surface area contributed by atoms with Crippen molar-refractivity contribution < 1.29 is 19.3 Å². The molecule has 4 rings (SSSR count). The number of nitrogens with zero attached hydrogens (tertiary/aromatic N) is 3. The average molecular weight is 398 g/mol. The van der Waals surface area contributed by atoms with Gasteiger partial charge in [-0.1, -0.05) is 0 Å². The van der Waals surface area contributed by atoms with Crippen LogP contribution < -0.4 is 19.5 Å². The van der Waals surface area contributed by atoms with Gasteiger partial charge in [-0.25, -0.2) is 9.50 Å². The monoisotopic (exact) mass is 398 g/mol. The van der Waals surface area contributed by atoms with Crippen LogP contribution in [0.3, 0.4) is 0 Å². The Hall–Kier alpha value is -3.00. The Morgan fingerprint density at radius 1 is 1.03 bits per heavy atom. The summed E-state index contributed by atoms with van der Waals surface area (Å²) in [6.07, 6.45) is 7.02. The number of anilines is 1. The first-order valence-electron chi connectivity index (χ1n) is 9.72. The lowest BCUT2D eigenvalue weighted by molar-refractivity contribution is 0.126.